The fourth-order valence-corrected chi connectivity index (χ4v) is 4.47. The molecule has 112 valence electrons. The van der Waals surface area contributed by atoms with E-state index in [4.69, 9.17) is 5.21 Å². The largest absolute Gasteiger partial charge is 0.288 e. The van der Waals surface area contributed by atoms with Crippen molar-refractivity contribution >= 4 is 33.3 Å². The zero-order valence-electron chi connectivity index (χ0n) is 11.3. The van der Waals surface area contributed by atoms with Crippen LogP contribution in [0.25, 0.3) is 6.08 Å². The van der Waals surface area contributed by atoms with Crippen molar-refractivity contribution in [2.24, 2.45) is 0 Å². The maximum Gasteiger partial charge on any atom is 0.279 e. The molecule has 2 aromatic rings. The molecule has 7 nitrogen and oxygen atoms in total. The lowest BCUT2D eigenvalue weighted by Gasteiger charge is -2.02. The molecule has 0 radical (unpaired) electrons. The Labute approximate surface area is 125 Å². The second-order valence-corrected chi connectivity index (χ2v) is 7.44. The number of carbonyl (C=O) groups is 1. The Hall–Kier alpha value is -1.97. The van der Waals surface area contributed by atoms with Crippen LogP contribution in [-0.4, -0.2) is 28.5 Å². The molecule has 2 heterocycles. The highest BCUT2D eigenvalue weighted by Gasteiger charge is 2.22. The van der Waals surface area contributed by atoms with E-state index >= 15 is 0 Å². The summed E-state index contributed by atoms with van der Waals surface area (Å²) in [5, 5.41) is 9.05. The van der Waals surface area contributed by atoms with Crippen LogP contribution in [-0.2, 0) is 14.8 Å². The Morgan fingerprint density at radius 2 is 2.19 bits per heavy atom. The summed E-state index contributed by atoms with van der Waals surface area (Å²) in [5.74, 6) is -0.695. The van der Waals surface area contributed by atoms with Gasteiger partial charge in [0.05, 0.1) is 10.7 Å². The molecule has 0 aromatic carbocycles. The molecule has 2 N–H and O–H groups in total. The molecular formula is C12H13N3O4S2. The molecule has 0 aliphatic carbocycles. The first-order valence-electron chi connectivity index (χ1n) is 5.84. The number of carbonyl (C=O) groups excluding carboxylic acids is 1. The Bertz CT molecular complexity index is 802. The molecule has 21 heavy (non-hydrogen) atoms. The zero-order chi connectivity index (χ0) is 15.6. The van der Waals surface area contributed by atoms with Crippen LogP contribution in [0.1, 0.15) is 16.3 Å². The smallest absolute Gasteiger partial charge is 0.279 e. The van der Waals surface area contributed by atoms with Crippen molar-refractivity contribution in [2.75, 3.05) is 0 Å². The number of hydroxylamine groups is 1. The number of thiazole rings is 1. The van der Waals surface area contributed by atoms with Gasteiger partial charge in [0, 0.05) is 18.5 Å². The molecule has 0 fully saturated rings. The number of amides is 1. The summed E-state index contributed by atoms with van der Waals surface area (Å²) in [6.07, 6.45) is 5.25. The molecule has 0 aliphatic heterocycles. The molecule has 0 unspecified atom stereocenters. The van der Waals surface area contributed by atoms with Crippen molar-refractivity contribution in [2.45, 2.75) is 18.1 Å². The number of nitrogens with zero attached hydrogens (tertiary/aromatic N) is 2. The van der Waals surface area contributed by atoms with Gasteiger partial charge in [-0.15, -0.1) is 11.3 Å². The van der Waals surface area contributed by atoms with Crippen LogP contribution in [0.15, 0.2) is 28.7 Å². The lowest BCUT2D eigenvalue weighted by Crippen LogP contribution is -2.14. The van der Waals surface area contributed by atoms with E-state index < -0.39 is 15.9 Å². The number of aromatic nitrogens is 2. The molecular weight excluding hydrogens is 314 g/mol. The van der Waals surface area contributed by atoms with E-state index in [1.807, 2.05) is 0 Å². The fourth-order valence-electron chi connectivity index (χ4n) is 1.70. The number of nitrogens with one attached hydrogen (secondary N) is 1. The molecule has 0 bridgehead atoms. The van der Waals surface area contributed by atoms with Crippen LogP contribution in [0.2, 0.25) is 0 Å². The molecule has 1 amide bonds. The minimum Gasteiger partial charge on any atom is -0.288 e. The van der Waals surface area contributed by atoms with Crippen LogP contribution in [0.3, 0.4) is 0 Å². The molecule has 0 aliphatic rings. The summed E-state index contributed by atoms with van der Waals surface area (Å²) in [6, 6.07) is 1.54. The minimum atomic E-state index is -3.68. The third-order valence-electron chi connectivity index (χ3n) is 2.60. The van der Waals surface area contributed by atoms with Gasteiger partial charge in [-0.1, -0.05) is 0 Å². The Morgan fingerprint density at radius 1 is 1.48 bits per heavy atom. The predicted molar refractivity (Wildman–Crippen MR) is 77.6 cm³/mol. The highest BCUT2D eigenvalue weighted by molar-refractivity contribution is 7.92. The van der Waals surface area contributed by atoms with E-state index in [-0.39, 0.29) is 4.21 Å². The van der Waals surface area contributed by atoms with Gasteiger partial charge in [-0.2, -0.15) is 8.42 Å². The third kappa shape index (κ3) is 3.20. The highest BCUT2D eigenvalue weighted by Crippen LogP contribution is 2.25. The molecule has 2 rings (SSSR count). The highest BCUT2D eigenvalue weighted by atomic mass is 32.2. The van der Waals surface area contributed by atoms with Crippen LogP contribution >= 0.6 is 11.3 Å². The van der Waals surface area contributed by atoms with Gasteiger partial charge < -0.3 is 0 Å². The summed E-state index contributed by atoms with van der Waals surface area (Å²) >= 11 is 1.11. The van der Waals surface area contributed by atoms with Gasteiger partial charge in [0.2, 0.25) is 0 Å². The second-order valence-electron chi connectivity index (χ2n) is 4.19. The maximum atomic E-state index is 12.5. The predicted octanol–water partition coefficient (Wildman–Crippen LogP) is 1.32. The minimum absolute atomic E-state index is 0.194. The summed E-state index contributed by atoms with van der Waals surface area (Å²) < 4.78 is 26.2. The monoisotopic (exact) mass is 327 g/mol. The van der Waals surface area contributed by atoms with Crippen molar-refractivity contribution in [1.82, 2.24) is 14.4 Å². The summed E-state index contributed by atoms with van der Waals surface area (Å²) in [4.78, 5) is 15.0. The van der Waals surface area contributed by atoms with E-state index in [1.54, 1.807) is 19.9 Å². The van der Waals surface area contributed by atoms with E-state index in [1.165, 1.54) is 23.9 Å². The van der Waals surface area contributed by atoms with Crippen LogP contribution < -0.4 is 5.48 Å². The molecule has 0 saturated heterocycles. The quantitative estimate of drug-likeness (QED) is 0.501. The van der Waals surface area contributed by atoms with E-state index in [0.29, 0.717) is 16.3 Å². The van der Waals surface area contributed by atoms with Crippen LogP contribution in [0.5, 0.6) is 0 Å². The van der Waals surface area contributed by atoms with E-state index in [9.17, 15) is 13.2 Å². The first kappa shape index (κ1) is 15.4. The van der Waals surface area contributed by atoms with Gasteiger partial charge in [-0.05, 0) is 31.6 Å². The average Bonchev–Trinajstić information content (AvgIpc) is 3.03. The summed E-state index contributed by atoms with van der Waals surface area (Å²) in [5.41, 5.74) is 2.43. The molecule has 0 atom stereocenters. The Morgan fingerprint density at radius 3 is 2.76 bits per heavy atom. The number of hydrogen-bond acceptors (Lipinski definition) is 6. The van der Waals surface area contributed by atoms with Crippen molar-refractivity contribution in [1.29, 1.82) is 0 Å². The zero-order valence-corrected chi connectivity index (χ0v) is 12.9. The van der Waals surface area contributed by atoms with Crippen molar-refractivity contribution in [3.8, 4) is 0 Å². The van der Waals surface area contributed by atoms with Gasteiger partial charge in [-0.3, -0.25) is 10.0 Å². The number of aryl methyl sites for hydroxylation is 2. The molecule has 0 spiro atoms. The van der Waals surface area contributed by atoms with E-state index in [2.05, 4.69) is 4.98 Å². The summed E-state index contributed by atoms with van der Waals surface area (Å²) in [6.45, 7) is 3.39. The van der Waals surface area contributed by atoms with Gasteiger partial charge in [0.1, 0.15) is 0 Å². The molecule has 0 saturated carbocycles. The topological polar surface area (TPSA) is 101 Å². The van der Waals surface area contributed by atoms with Gasteiger partial charge >= 0.3 is 0 Å². The lowest BCUT2D eigenvalue weighted by molar-refractivity contribution is -0.124. The van der Waals surface area contributed by atoms with Gasteiger partial charge in [0.25, 0.3) is 15.9 Å². The van der Waals surface area contributed by atoms with Gasteiger partial charge in [-0.25, -0.2) is 14.4 Å². The van der Waals surface area contributed by atoms with Crippen molar-refractivity contribution in [3.05, 3.63) is 40.8 Å². The summed E-state index contributed by atoms with van der Waals surface area (Å²) in [7, 11) is -3.68. The first-order chi connectivity index (χ1) is 9.84. The average molecular weight is 327 g/mol. The first-order valence-corrected chi connectivity index (χ1v) is 8.10. The second kappa shape index (κ2) is 5.80. The lowest BCUT2D eigenvalue weighted by atomic mass is 10.3. The van der Waals surface area contributed by atoms with Crippen LogP contribution in [0.4, 0.5) is 0 Å². The standard InChI is InChI=1S/C12H13N3O4S2/c1-8-12(20-9(2)13-8)21(18,19)15-6-5-10(7-15)3-4-11(16)14-17/h3-7,17H,1-2H3,(H,14,16). The molecule has 9 heteroatoms. The van der Waals surface area contributed by atoms with Gasteiger partial charge in [0.15, 0.2) is 4.21 Å². The Balaban J connectivity index is 2.35. The molecule has 2 aromatic heterocycles. The SMILES string of the molecule is Cc1nc(C)c(S(=O)(=O)n2ccc(C=CC(=O)NO)c2)s1. The Kier molecular flexibility index (Phi) is 4.26. The normalized spacial score (nSPS) is 12.0. The van der Waals surface area contributed by atoms with Crippen LogP contribution in [0, 0.1) is 13.8 Å². The third-order valence-corrected chi connectivity index (χ3v) is 5.90. The van der Waals surface area contributed by atoms with Crippen molar-refractivity contribution in [3.63, 3.8) is 0 Å². The fraction of sp³-hybridized carbons (Fsp3) is 0.167. The maximum absolute atomic E-state index is 12.5. The van der Waals surface area contributed by atoms with Crippen molar-refractivity contribution < 1.29 is 18.4 Å². The number of rotatable bonds is 4. The number of hydrogen-bond donors (Lipinski definition) is 2. The van der Waals surface area contributed by atoms with E-state index in [0.717, 1.165) is 21.4 Å².